The lowest BCUT2D eigenvalue weighted by Gasteiger charge is -2.39. The van der Waals surface area contributed by atoms with Crippen LogP contribution in [-0.4, -0.2) is 42.2 Å². The van der Waals surface area contributed by atoms with Crippen molar-refractivity contribution in [2.45, 2.75) is 43.3 Å². The summed E-state index contributed by atoms with van der Waals surface area (Å²) in [5.41, 5.74) is 1.34. The van der Waals surface area contributed by atoms with Crippen LogP contribution >= 0.6 is 11.8 Å². The normalized spacial score (nSPS) is 20.8. The first-order valence-electron chi connectivity index (χ1n) is 8.35. The van der Waals surface area contributed by atoms with Gasteiger partial charge in [-0.2, -0.15) is 0 Å². The van der Waals surface area contributed by atoms with Crippen molar-refractivity contribution < 1.29 is 4.79 Å². The molecule has 2 saturated heterocycles. The summed E-state index contributed by atoms with van der Waals surface area (Å²) < 4.78 is 0. The Kier molecular flexibility index (Phi) is 4.79. The number of piperidine rings is 1. The summed E-state index contributed by atoms with van der Waals surface area (Å²) in [6, 6.07) is 8.06. The third-order valence-corrected chi connectivity index (χ3v) is 6.00. The highest BCUT2D eigenvalue weighted by Gasteiger charge is 2.38. The molecule has 2 heterocycles. The van der Waals surface area contributed by atoms with Gasteiger partial charge >= 0.3 is 0 Å². The van der Waals surface area contributed by atoms with Crippen molar-refractivity contribution in [2.24, 2.45) is 5.41 Å². The first-order valence-corrected chi connectivity index (χ1v) is 9.23. The second-order valence-corrected chi connectivity index (χ2v) is 8.50. The highest BCUT2D eigenvalue weighted by Crippen LogP contribution is 2.37. The van der Waals surface area contributed by atoms with Gasteiger partial charge in [0.1, 0.15) is 0 Å². The van der Waals surface area contributed by atoms with Crippen LogP contribution in [0.15, 0.2) is 29.2 Å². The fourth-order valence-corrected chi connectivity index (χ4v) is 4.52. The molecular formula is C18H26N2OS. The Morgan fingerprint density at radius 1 is 1.23 bits per heavy atom. The summed E-state index contributed by atoms with van der Waals surface area (Å²) in [6.07, 6.45) is 3.56. The molecule has 0 aromatic heterocycles. The summed E-state index contributed by atoms with van der Waals surface area (Å²) >= 11 is 1.78. The lowest BCUT2D eigenvalue weighted by atomic mass is 9.78. The lowest BCUT2D eigenvalue weighted by Crippen LogP contribution is -2.44. The minimum absolute atomic E-state index is 0.213. The standard InChI is InChI=1S/C18H26N2OS/c1-14(2)22-16-6-4-3-5-15(16)17(21)20-11-8-18(9-12-20)7-10-19-13-18/h3-6,14,19H,7-13H2,1-2H3. The number of carbonyl (C=O) groups is 1. The largest absolute Gasteiger partial charge is 0.339 e. The summed E-state index contributed by atoms with van der Waals surface area (Å²) in [7, 11) is 0. The zero-order chi connectivity index (χ0) is 15.6. The lowest BCUT2D eigenvalue weighted by molar-refractivity contribution is 0.0604. The fourth-order valence-electron chi connectivity index (χ4n) is 3.58. The number of likely N-dealkylation sites (tertiary alicyclic amines) is 1. The number of thioether (sulfide) groups is 1. The van der Waals surface area contributed by atoms with E-state index < -0.39 is 0 Å². The minimum Gasteiger partial charge on any atom is -0.339 e. The van der Waals surface area contributed by atoms with Gasteiger partial charge < -0.3 is 10.2 Å². The Bertz CT molecular complexity index is 528. The van der Waals surface area contributed by atoms with Crippen LogP contribution in [0.4, 0.5) is 0 Å². The van der Waals surface area contributed by atoms with Gasteiger partial charge in [-0.05, 0) is 43.4 Å². The predicted molar refractivity (Wildman–Crippen MR) is 92.5 cm³/mol. The molecule has 0 unspecified atom stereocenters. The average Bonchev–Trinajstić information content (AvgIpc) is 2.96. The number of amides is 1. The quantitative estimate of drug-likeness (QED) is 0.867. The summed E-state index contributed by atoms with van der Waals surface area (Å²) in [6.45, 7) is 8.42. The number of hydrogen-bond acceptors (Lipinski definition) is 3. The molecule has 4 heteroatoms. The van der Waals surface area contributed by atoms with Crippen LogP contribution < -0.4 is 5.32 Å². The van der Waals surface area contributed by atoms with E-state index in [0.717, 1.165) is 49.5 Å². The number of benzene rings is 1. The molecule has 1 aromatic rings. The number of rotatable bonds is 3. The molecule has 2 aliphatic heterocycles. The molecule has 0 radical (unpaired) electrons. The maximum absolute atomic E-state index is 12.9. The number of nitrogens with zero attached hydrogens (tertiary/aromatic N) is 1. The van der Waals surface area contributed by atoms with E-state index in [9.17, 15) is 4.79 Å². The Balaban J connectivity index is 1.70. The SMILES string of the molecule is CC(C)Sc1ccccc1C(=O)N1CCC2(CCNC2)CC1. The van der Waals surface area contributed by atoms with E-state index in [-0.39, 0.29) is 5.91 Å². The number of carbonyl (C=O) groups excluding carboxylic acids is 1. The molecule has 0 saturated carbocycles. The molecule has 1 amide bonds. The van der Waals surface area contributed by atoms with Gasteiger partial charge in [0.2, 0.25) is 0 Å². The van der Waals surface area contributed by atoms with Gasteiger partial charge in [-0.3, -0.25) is 4.79 Å². The minimum atomic E-state index is 0.213. The van der Waals surface area contributed by atoms with E-state index in [1.807, 2.05) is 18.2 Å². The number of hydrogen-bond donors (Lipinski definition) is 1. The van der Waals surface area contributed by atoms with E-state index in [4.69, 9.17) is 0 Å². The van der Waals surface area contributed by atoms with Crippen LogP contribution in [0.3, 0.4) is 0 Å². The van der Waals surface area contributed by atoms with Crippen LogP contribution in [0.1, 0.15) is 43.5 Å². The van der Waals surface area contributed by atoms with Gasteiger partial charge in [0.15, 0.2) is 0 Å². The Hall–Kier alpha value is -1.00. The zero-order valence-electron chi connectivity index (χ0n) is 13.6. The molecule has 0 bridgehead atoms. The Morgan fingerprint density at radius 2 is 1.95 bits per heavy atom. The van der Waals surface area contributed by atoms with Crippen molar-refractivity contribution in [1.82, 2.24) is 10.2 Å². The first kappa shape index (κ1) is 15.9. The van der Waals surface area contributed by atoms with Crippen molar-refractivity contribution in [2.75, 3.05) is 26.2 Å². The molecule has 2 aliphatic rings. The van der Waals surface area contributed by atoms with Crippen LogP contribution in [-0.2, 0) is 0 Å². The van der Waals surface area contributed by atoms with Gasteiger partial charge in [-0.1, -0.05) is 26.0 Å². The second-order valence-electron chi connectivity index (χ2n) is 6.88. The Labute approximate surface area is 137 Å². The van der Waals surface area contributed by atoms with Gasteiger partial charge in [-0.15, -0.1) is 11.8 Å². The molecule has 1 spiro atoms. The van der Waals surface area contributed by atoms with Gasteiger partial charge in [0, 0.05) is 29.8 Å². The molecule has 3 nitrogen and oxygen atoms in total. The van der Waals surface area contributed by atoms with E-state index >= 15 is 0 Å². The Morgan fingerprint density at radius 3 is 2.59 bits per heavy atom. The van der Waals surface area contributed by atoms with Gasteiger partial charge in [0.25, 0.3) is 5.91 Å². The van der Waals surface area contributed by atoms with E-state index in [1.54, 1.807) is 11.8 Å². The zero-order valence-corrected chi connectivity index (χ0v) is 14.4. The van der Waals surface area contributed by atoms with E-state index in [1.165, 1.54) is 6.42 Å². The molecule has 2 fully saturated rings. The van der Waals surface area contributed by atoms with Gasteiger partial charge in [0.05, 0.1) is 5.56 Å². The maximum atomic E-state index is 12.9. The van der Waals surface area contributed by atoms with Crippen molar-refractivity contribution in [3.8, 4) is 0 Å². The molecule has 0 atom stereocenters. The third-order valence-electron chi connectivity index (χ3n) is 4.92. The monoisotopic (exact) mass is 318 g/mol. The van der Waals surface area contributed by atoms with Crippen molar-refractivity contribution in [3.05, 3.63) is 29.8 Å². The molecule has 3 rings (SSSR count). The van der Waals surface area contributed by atoms with E-state index in [0.29, 0.717) is 10.7 Å². The van der Waals surface area contributed by atoms with Gasteiger partial charge in [-0.25, -0.2) is 0 Å². The van der Waals surface area contributed by atoms with Crippen molar-refractivity contribution in [1.29, 1.82) is 0 Å². The maximum Gasteiger partial charge on any atom is 0.254 e. The van der Waals surface area contributed by atoms with Crippen molar-refractivity contribution >= 4 is 17.7 Å². The molecule has 1 aromatic carbocycles. The second kappa shape index (κ2) is 6.63. The molecule has 120 valence electrons. The molecule has 1 N–H and O–H groups in total. The highest BCUT2D eigenvalue weighted by atomic mass is 32.2. The number of nitrogens with one attached hydrogen (secondary N) is 1. The van der Waals surface area contributed by atoms with Crippen molar-refractivity contribution in [3.63, 3.8) is 0 Å². The van der Waals surface area contributed by atoms with Crippen LogP contribution in [0.2, 0.25) is 0 Å². The van der Waals surface area contributed by atoms with Crippen LogP contribution in [0, 0.1) is 5.41 Å². The van der Waals surface area contributed by atoms with E-state index in [2.05, 4.69) is 30.1 Å². The summed E-state index contributed by atoms with van der Waals surface area (Å²) in [5, 5.41) is 3.97. The summed E-state index contributed by atoms with van der Waals surface area (Å²) in [5.74, 6) is 0.213. The smallest absolute Gasteiger partial charge is 0.254 e. The topological polar surface area (TPSA) is 32.3 Å². The third kappa shape index (κ3) is 3.33. The molecule has 22 heavy (non-hydrogen) atoms. The summed E-state index contributed by atoms with van der Waals surface area (Å²) in [4.78, 5) is 16.1. The highest BCUT2D eigenvalue weighted by molar-refractivity contribution is 8.00. The van der Waals surface area contributed by atoms with Crippen LogP contribution in [0.25, 0.3) is 0 Å². The average molecular weight is 318 g/mol. The molecule has 0 aliphatic carbocycles. The predicted octanol–water partition coefficient (Wildman–Crippen LogP) is 3.40. The van der Waals surface area contributed by atoms with Crippen LogP contribution in [0.5, 0.6) is 0 Å². The molecular weight excluding hydrogens is 292 g/mol. The fraction of sp³-hybridized carbons (Fsp3) is 0.611. The first-order chi connectivity index (χ1) is 10.6.